The van der Waals surface area contributed by atoms with Gasteiger partial charge in [-0.25, -0.2) is 0 Å². The van der Waals surface area contributed by atoms with Crippen molar-refractivity contribution in [3.05, 3.63) is 34.3 Å². The van der Waals surface area contributed by atoms with E-state index in [1.54, 1.807) is 6.07 Å². The number of hydrogen-bond donors (Lipinski definition) is 2. The lowest BCUT2D eigenvalue weighted by Crippen LogP contribution is -2.38. The number of aliphatic carboxylic acids is 1. The van der Waals surface area contributed by atoms with Crippen molar-refractivity contribution in [2.45, 2.75) is 56.8 Å². The number of nitrogens with one attached hydrogen (secondary N) is 1. The van der Waals surface area contributed by atoms with Gasteiger partial charge in [-0.3, -0.25) is 4.79 Å². The van der Waals surface area contributed by atoms with Crippen molar-refractivity contribution in [3.63, 3.8) is 0 Å². The molecule has 0 aromatic heterocycles. The summed E-state index contributed by atoms with van der Waals surface area (Å²) in [6.45, 7) is 0. The summed E-state index contributed by atoms with van der Waals surface area (Å²) in [6, 6.07) is 4.14. The van der Waals surface area contributed by atoms with Crippen molar-refractivity contribution in [1.29, 1.82) is 0 Å². The van der Waals surface area contributed by atoms with Crippen LogP contribution < -0.4 is 5.32 Å². The van der Waals surface area contributed by atoms with Crippen molar-refractivity contribution in [3.8, 4) is 0 Å². The Hall–Kier alpha value is -1.27. The Morgan fingerprint density at radius 1 is 1.16 bits per heavy atom. The van der Waals surface area contributed by atoms with E-state index < -0.39 is 17.7 Å². The molecule has 1 atom stereocenters. The second kappa shape index (κ2) is 7.16. The number of halogens is 4. The molecule has 25 heavy (non-hydrogen) atoms. The van der Waals surface area contributed by atoms with Gasteiger partial charge in [0.1, 0.15) is 0 Å². The SMILES string of the molecule is O=C(O)C1CCC(NC(c2ccc(Cl)c(C(F)(F)F)c2)C2CC2)CC1. The Balaban J connectivity index is 1.73. The second-order valence-electron chi connectivity index (χ2n) is 7.11. The number of carboxylic acids is 1. The fourth-order valence-electron chi connectivity index (χ4n) is 3.65. The lowest BCUT2D eigenvalue weighted by molar-refractivity contribution is -0.143. The number of carboxylic acid groups (broad SMARTS) is 1. The molecule has 0 radical (unpaired) electrons. The van der Waals surface area contributed by atoms with Crippen molar-refractivity contribution in [1.82, 2.24) is 5.32 Å². The zero-order valence-electron chi connectivity index (χ0n) is 13.7. The monoisotopic (exact) mass is 375 g/mol. The molecule has 0 spiro atoms. The lowest BCUT2D eigenvalue weighted by Gasteiger charge is -2.31. The highest BCUT2D eigenvalue weighted by Crippen LogP contribution is 2.44. The summed E-state index contributed by atoms with van der Waals surface area (Å²) in [5, 5.41) is 12.3. The number of benzene rings is 1. The molecule has 7 heteroatoms. The summed E-state index contributed by atoms with van der Waals surface area (Å²) in [6.07, 6.45) is 0.205. The molecule has 1 aromatic rings. The third-order valence-corrected chi connectivity index (χ3v) is 5.57. The Labute approximate surface area is 149 Å². The fraction of sp³-hybridized carbons (Fsp3) is 0.611. The first-order valence-corrected chi connectivity index (χ1v) is 8.99. The van der Waals surface area contributed by atoms with E-state index in [4.69, 9.17) is 16.7 Å². The van der Waals surface area contributed by atoms with E-state index in [-0.39, 0.29) is 23.0 Å². The molecule has 3 rings (SSSR count). The van der Waals surface area contributed by atoms with Crippen molar-refractivity contribution >= 4 is 17.6 Å². The Morgan fingerprint density at radius 3 is 2.32 bits per heavy atom. The van der Waals surface area contributed by atoms with Crippen LogP contribution >= 0.6 is 11.6 Å². The van der Waals surface area contributed by atoms with Crippen LogP contribution in [0.25, 0.3) is 0 Å². The van der Waals surface area contributed by atoms with Gasteiger partial charge in [0.2, 0.25) is 0 Å². The van der Waals surface area contributed by atoms with Gasteiger partial charge in [0.15, 0.2) is 0 Å². The van der Waals surface area contributed by atoms with Crippen LogP contribution in [0.3, 0.4) is 0 Å². The number of hydrogen-bond acceptors (Lipinski definition) is 2. The quantitative estimate of drug-likeness (QED) is 0.757. The van der Waals surface area contributed by atoms with Crippen LogP contribution in [0.5, 0.6) is 0 Å². The molecule has 1 unspecified atom stereocenters. The first kappa shape index (κ1) is 18.5. The van der Waals surface area contributed by atoms with Crippen LogP contribution in [0.4, 0.5) is 13.2 Å². The first-order valence-electron chi connectivity index (χ1n) is 8.61. The molecule has 3 nitrogen and oxygen atoms in total. The normalized spacial score (nSPS) is 25.6. The number of rotatable bonds is 5. The average molecular weight is 376 g/mol. The second-order valence-corrected chi connectivity index (χ2v) is 7.51. The summed E-state index contributed by atoms with van der Waals surface area (Å²) in [7, 11) is 0. The molecule has 0 bridgehead atoms. The molecular formula is C18H21ClF3NO2. The van der Waals surface area contributed by atoms with E-state index in [1.165, 1.54) is 6.07 Å². The molecular weight excluding hydrogens is 355 g/mol. The van der Waals surface area contributed by atoms with Gasteiger partial charge in [-0.15, -0.1) is 0 Å². The summed E-state index contributed by atoms with van der Waals surface area (Å²) >= 11 is 5.72. The third kappa shape index (κ3) is 4.47. The topological polar surface area (TPSA) is 49.3 Å². The largest absolute Gasteiger partial charge is 0.481 e. The minimum atomic E-state index is -4.47. The first-order chi connectivity index (χ1) is 11.8. The summed E-state index contributed by atoms with van der Waals surface area (Å²) in [5.41, 5.74) is -0.187. The Morgan fingerprint density at radius 2 is 1.80 bits per heavy atom. The highest BCUT2D eigenvalue weighted by molar-refractivity contribution is 6.31. The Kier molecular flexibility index (Phi) is 5.30. The third-order valence-electron chi connectivity index (χ3n) is 5.24. The molecule has 0 heterocycles. The maximum atomic E-state index is 13.1. The standard InChI is InChI=1S/C18H21ClF3NO2/c19-15-8-5-12(9-14(15)18(20,21)22)16(10-1-2-10)23-13-6-3-11(4-7-13)17(24)25/h5,8-11,13,16,23H,1-4,6-7H2,(H,24,25). The summed E-state index contributed by atoms with van der Waals surface area (Å²) in [5.74, 6) is -0.728. The van der Waals surface area contributed by atoms with E-state index in [0.29, 0.717) is 24.3 Å². The van der Waals surface area contributed by atoms with Gasteiger partial charge in [0, 0.05) is 12.1 Å². The zero-order chi connectivity index (χ0) is 18.2. The van der Waals surface area contributed by atoms with E-state index in [2.05, 4.69) is 5.32 Å². The fourth-order valence-corrected chi connectivity index (χ4v) is 3.87. The highest BCUT2D eigenvalue weighted by atomic mass is 35.5. The molecule has 0 amide bonds. The predicted molar refractivity (Wildman–Crippen MR) is 88.4 cm³/mol. The van der Waals surface area contributed by atoms with Gasteiger partial charge in [-0.2, -0.15) is 13.2 Å². The van der Waals surface area contributed by atoms with Crippen molar-refractivity contribution < 1.29 is 23.1 Å². The maximum absolute atomic E-state index is 13.1. The molecule has 0 aliphatic heterocycles. The van der Waals surface area contributed by atoms with Gasteiger partial charge >= 0.3 is 12.1 Å². The smallest absolute Gasteiger partial charge is 0.417 e. The van der Waals surface area contributed by atoms with Gasteiger partial charge < -0.3 is 10.4 Å². The van der Waals surface area contributed by atoms with Crippen LogP contribution in [0, 0.1) is 11.8 Å². The number of alkyl halides is 3. The van der Waals surface area contributed by atoms with E-state index >= 15 is 0 Å². The van der Waals surface area contributed by atoms with E-state index in [9.17, 15) is 18.0 Å². The Bertz CT molecular complexity index is 638. The van der Waals surface area contributed by atoms with Crippen molar-refractivity contribution in [2.75, 3.05) is 0 Å². The molecule has 2 aliphatic carbocycles. The van der Waals surface area contributed by atoms with Gasteiger partial charge in [-0.1, -0.05) is 17.7 Å². The van der Waals surface area contributed by atoms with Gasteiger partial charge in [0.25, 0.3) is 0 Å². The lowest BCUT2D eigenvalue weighted by atomic mass is 9.85. The average Bonchev–Trinajstić information content (AvgIpc) is 3.37. The van der Waals surface area contributed by atoms with E-state index in [0.717, 1.165) is 31.7 Å². The minimum absolute atomic E-state index is 0.134. The summed E-state index contributed by atoms with van der Waals surface area (Å²) < 4.78 is 39.4. The molecule has 2 fully saturated rings. The van der Waals surface area contributed by atoms with Crippen LogP contribution in [0.15, 0.2) is 18.2 Å². The molecule has 2 aliphatic rings. The minimum Gasteiger partial charge on any atom is -0.481 e. The van der Waals surface area contributed by atoms with Gasteiger partial charge in [-0.05, 0) is 62.1 Å². The van der Waals surface area contributed by atoms with Crippen LogP contribution in [-0.4, -0.2) is 17.1 Å². The molecule has 0 saturated heterocycles. The van der Waals surface area contributed by atoms with Crippen molar-refractivity contribution in [2.24, 2.45) is 11.8 Å². The molecule has 2 saturated carbocycles. The highest BCUT2D eigenvalue weighted by Gasteiger charge is 2.38. The molecule has 138 valence electrons. The zero-order valence-corrected chi connectivity index (χ0v) is 14.4. The number of carbonyl (C=O) groups is 1. The molecule has 1 aromatic carbocycles. The van der Waals surface area contributed by atoms with Crippen LogP contribution in [0.2, 0.25) is 5.02 Å². The van der Waals surface area contributed by atoms with Crippen LogP contribution in [-0.2, 0) is 11.0 Å². The molecule has 2 N–H and O–H groups in total. The van der Waals surface area contributed by atoms with Crippen LogP contribution in [0.1, 0.15) is 55.7 Å². The van der Waals surface area contributed by atoms with Gasteiger partial charge in [0.05, 0.1) is 16.5 Å². The predicted octanol–water partition coefficient (Wildman–Crippen LogP) is 5.04. The summed E-state index contributed by atoms with van der Waals surface area (Å²) in [4.78, 5) is 11.0. The maximum Gasteiger partial charge on any atom is 0.417 e. The van der Waals surface area contributed by atoms with E-state index in [1.807, 2.05) is 0 Å².